The van der Waals surface area contributed by atoms with E-state index >= 15 is 0 Å². The predicted molar refractivity (Wildman–Crippen MR) is 123 cm³/mol. The van der Waals surface area contributed by atoms with Crippen molar-refractivity contribution in [3.63, 3.8) is 0 Å². The summed E-state index contributed by atoms with van der Waals surface area (Å²) in [6, 6.07) is 15.8. The van der Waals surface area contributed by atoms with Crippen LogP contribution < -0.4 is 10.6 Å². The van der Waals surface area contributed by atoms with E-state index in [4.69, 9.17) is 21.4 Å². The third-order valence-electron chi connectivity index (χ3n) is 4.39. The summed E-state index contributed by atoms with van der Waals surface area (Å²) in [5.41, 5.74) is 1.99. The van der Waals surface area contributed by atoms with Crippen molar-refractivity contribution in [1.82, 2.24) is 15.3 Å². The van der Waals surface area contributed by atoms with E-state index in [2.05, 4.69) is 20.6 Å². The van der Waals surface area contributed by atoms with E-state index in [-0.39, 0.29) is 0 Å². The molecule has 0 aliphatic rings. The first-order valence-electron chi connectivity index (χ1n) is 10.00. The number of carbonyl (C=O) groups is 2. The van der Waals surface area contributed by atoms with Gasteiger partial charge in [-0.25, -0.2) is 14.6 Å². The summed E-state index contributed by atoms with van der Waals surface area (Å²) in [5, 5.41) is 14.3. The first-order chi connectivity index (χ1) is 15.1. The minimum absolute atomic E-state index is 0.308. The number of carboxylic acid groups (broad SMARTS) is 1. The zero-order chi connectivity index (χ0) is 23.3. The van der Waals surface area contributed by atoms with Crippen molar-refractivity contribution in [2.24, 2.45) is 0 Å². The summed E-state index contributed by atoms with van der Waals surface area (Å²) in [7, 11) is 0. The second-order valence-corrected chi connectivity index (χ2v) is 8.56. The molecule has 9 heteroatoms. The quantitative estimate of drug-likeness (QED) is 0.383. The van der Waals surface area contributed by atoms with Crippen LogP contribution in [-0.2, 0) is 11.2 Å². The monoisotopic (exact) mass is 456 g/mol. The van der Waals surface area contributed by atoms with E-state index in [0.717, 1.165) is 5.56 Å². The minimum Gasteiger partial charge on any atom is -0.465 e. The van der Waals surface area contributed by atoms with Crippen LogP contribution >= 0.6 is 11.6 Å². The van der Waals surface area contributed by atoms with Crippen LogP contribution in [0, 0.1) is 0 Å². The van der Waals surface area contributed by atoms with Crippen molar-refractivity contribution in [3.8, 4) is 11.3 Å². The molecule has 2 amide bonds. The zero-order valence-electron chi connectivity index (χ0n) is 18.0. The molecule has 168 valence electrons. The molecule has 3 rings (SSSR count). The number of H-pyrrole nitrogens is 1. The molecule has 0 aliphatic heterocycles. The first kappa shape index (κ1) is 23.1. The molecule has 2 aromatic carbocycles. The van der Waals surface area contributed by atoms with E-state index < -0.39 is 23.8 Å². The lowest BCUT2D eigenvalue weighted by atomic mass is 10.1. The van der Waals surface area contributed by atoms with Crippen LogP contribution in [0.25, 0.3) is 11.3 Å². The van der Waals surface area contributed by atoms with Crippen molar-refractivity contribution >= 4 is 29.5 Å². The number of nitrogens with one attached hydrogen (secondary N) is 3. The van der Waals surface area contributed by atoms with Crippen molar-refractivity contribution in [2.45, 2.75) is 38.8 Å². The summed E-state index contributed by atoms with van der Waals surface area (Å²) < 4.78 is 5.41. The van der Waals surface area contributed by atoms with E-state index in [9.17, 15) is 9.59 Å². The number of alkyl carbamates (subject to hydrolysis) is 1. The van der Waals surface area contributed by atoms with Crippen LogP contribution in [0.15, 0.2) is 54.6 Å². The van der Waals surface area contributed by atoms with Gasteiger partial charge in [-0.2, -0.15) is 0 Å². The molecule has 0 aliphatic carbocycles. The van der Waals surface area contributed by atoms with Gasteiger partial charge in [0.15, 0.2) is 0 Å². The van der Waals surface area contributed by atoms with Gasteiger partial charge in [0.25, 0.3) is 0 Å². The number of halogens is 1. The smallest absolute Gasteiger partial charge is 0.409 e. The minimum atomic E-state index is -1.14. The molecule has 4 N–H and O–H groups in total. The fourth-order valence-corrected chi connectivity index (χ4v) is 3.32. The fourth-order valence-electron chi connectivity index (χ4n) is 3.08. The lowest BCUT2D eigenvalue weighted by molar-refractivity contribution is 0.0501. The number of aromatic amines is 1. The summed E-state index contributed by atoms with van der Waals surface area (Å²) in [4.78, 5) is 30.9. The molecule has 0 bridgehead atoms. The van der Waals surface area contributed by atoms with E-state index in [0.29, 0.717) is 34.3 Å². The van der Waals surface area contributed by atoms with Crippen molar-refractivity contribution in [2.75, 3.05) is 5.32 Å². The number of imidazole rings is 1. The number of anilines is 1. The average Bonchev–Trinajstić information content (AvgIpc) is 3.09. The van der Waals surface area contributed by atoms with E-state index in [1.165, 1.54) is 0 Å². The van der Waals surface area contributed by atoms with Crippen LogP contribution in [-0.4, -0.2) is 32.9 Å². The molecule has 0 saturated carbocycles. The lowest BCUT2D eigenvalue weighted by Gasteiger charge is -2.23. The fraction of sp³-hybridized carbons (Fsp3) is 0.261. The highest BCUT2D eigenvalue weighted by Crippen LogP contribution is 2.29. The van der Waals surface area contributed by atoms with Gasteiger partial charge in [0.2, 0.25) is 0 Å². The van der Waals surface area contributed by atoms with Crippen molar-refractivity contribution in [3.05, 3.63) is 71.1 Å². The largest absolute Gasteiger partial charge is 0.465 e. The molecule has 0 unspecified atom stereocenters. The van der Waals surface area contributed by atoms with Crippen LogP contribution in [0.2, 0.25) is 5.15 Å². The molecule has 1 heterocycles. The maximum absolute atomic E-state index is 12.5. The summed E-state index contributed by atoms with van der Waals surface area (Å²) in [6.07, 6.45) is -1.23. The number of hydrogen-bond donors (Lipinski definition) is 4. The molecule has 0 saturated heterocycles. The Hall–Kier alpha value is -3.52. The molecule has 0 spiro atoms. The van der Waals surface area contributed by atoms with E-state index in [1.54, 1.807) is 45.0 Å². The SMILES string of the molecule is CC(C)(C)OC(=O)N[C@@H](Cc1ccccc1)c1nc(-c2ccc(NC(=O)O)cc2)c(Cl)[nH]1. The van der Waals surface area contributed by atoms with Crippen LogP contribution in [0.5, 0.6) is 0 Å². The van der Waals surface area contributed by atoms with Gasteiger partial charge in [-0.1, -0.05) is 54.1 Å². The van der Waals surface area contributed by atoms with Crippen LogP contribution in [0.3, 0.4) is 0 Å². The normalized spacial score (nSPS) is 12.1. The molecule has 8 nitrogen and oxygen atoms in total. The second-order valence-electron chi connectivity index (χ2n) is 8.18. The van der Waals surface area contributed by atoms with Gasteiger partial charge in [-0.15, -0.1) is 0 Å². The number of carbonyl (C=O) groups excluding carboxylic acids is 1. The molecule has 32 heavy (non-hydrogen) atoms. The van der Waals surface area contributed by atoms with Gasteiger partial charge < -0.3 is 20.1 Å². The van der Waals surface area contributed by atoms with Gasteiger partial charge in [0, 0.05) is 17.7 Å². The summed E-state index contributed by atoms with van der Waals surface area (Å²) >= 11 is 6.42. The number of ether oxygens (including phenoxy) is 1. The second kappa shape index (κ2) is 9.74. The predicted octanol–water partition coefficient (Wildman–Crippen LogP) is 5.63. The van der Waals surface area contributed by atoms with Gasteiger partial charge in [-0.3, -0.25) is 5.32 Å². The van der Waals surface area contributed by atoms with Crippen LogP contribution in [0.4, 0.5) is 15.3 Å². The Kier molecular flexibility index (Phi) is 7.05. The topological polar surface area (TPSA) is 116 Å². The van der Waals surface area contributed by atoms with Gasteiger partial charge in [-0.05, 0) is 38.5 Å². The molecular weight excluding hydrogens is 432 g/mol. The summed E-state index contributed by atoms with van der Waals surface area (Å²) in [5.74, 6) is 0.479. The molecule has 0 radical (unpaired) electrons. The number of benzene rings is 2. The number of rotatable bonds is 6. The van der Waals surface area contributed by atoms with E-state index in [1.807, 2.05) is 30.3 Å². The number of aromatic nitrogens is 2. The highest BCUT2D eigenvalue weighted by atomic mass is 35.5. The summed E-state index contributed by atoms with van der Waals surface area (Å²) in [6.45, 7) is 5.39. The Morgan fingerprint density at radius 1 is 1.12 bits per heavy atom. The zero-order valence-corrected chi connectivity index (χ0v) is 18.7. The highest BCUT2D eigenvalue weighted by molar-refractivity contribution is 6.31. The third kappa shape index (κ3) is 6.49. The van der Waals surface area contributed by atoms with Gasteiger partial charge in [0.05, 0.1) is 6.04 Å². The standard InChI is InChI=1S/C23H25ClN4O4/c1-23(2,3)32-22(31)26-17(13-14-7-5-4-6-8-14)20-27-18(19(24)28-20)15-9-11-16(12-10-15)25-21(29)30/h4-12,17,25H,13H2,1-3H3,(H,26,31)(H,27,28)(H,29,30)/t17-/m0/s1. The van der Waals surface area contributed by atoms with Gasteiger partial charge >= 0.3 is 12.2 Å². The Balaban J connectivity index is 1.87. The average molecular weight is 457 g/mol. The maximum atomic E-state index is 12.5. The molecular formula is C23H25ClN4O4. The number of hydrogen-bond acceptors (Lipinski definition) is 4. The van der Waals surface area contributed by atoms with Crippen LogP contribution in [0.1, 0.15) is 38.2 Å². The molecule has 0 fully saturated rings. The van der Waals surface area contributed by atoms with Crippen molar-refractivity contribution < 1.29 is 19.4 Å². The Morgan fingerprint density at radius 3 is 2.38 bits per heavy atom. The number of amides is 2. The van der Waals surface area contributed by atoms with Gasteiger partial charge in [0.1, 0.15) is 22.3 Å². The Bertz CT molecular complexity index is 1080. The van der Waals surface area contributed by atoms with Crippen molar-refractivity contribution in [1.29, 1.82) is 0 Å². The lowest BCUT2D eigenvalue weighted by Crippen LogP contribution is -2.36. The molecule has 1 aromatic heterocycles. The first-order valence-corrected chi connectivity index (χ1v) is 10.4. The Morgan fingerprint density at radius 2 is 1.78 bits per heavy atom. The molecule has 1 atom stereocenters. The Labute approximate surface area is 191 Å². The highest BCUT2D eigenvalue weighted by Gasteiger charge is 2.24. The molecule has 3 aromatic rings. The number of nitrogens with zero attached hydrogens (tertiary/aromatic N) is 1. The maximum Gasteiger partial charge on any atom is 0.409 e. The third-order valence-corrected chi connectivity index (χ3v) is 4.66.